The Hall–Kier alpha value is -0.650. The summed E-state index contributed by atoms with van der Waals surface area (Å²) < 4.78 is 5.17. The first-order chi connectivity index (χ1) is 7.61. The number of nitrogens with zero attached hydrogens (tertiary/aromatic N) is 1. The first kappa shape index (κ1) is 13.4. The predicted molar refractivity (Wildman–Crippen MR) is 61.1 cm³/mol. The average molecular weight is 230 g/mol. The van der Waals surface area contributed by atoms with Gasteiger partial charge in [-0.2, -0.15) is 0 Å². The molecule has 5 heteroatoms. The number of ether oxygens (including phenoxy) is 1. The van der Waals surface area contributed by atoms with E-state index < -0.39 is 6.10 Å². The summed E-state index contributed by atoms with van der Waals surface area (Å²) in [7, 11) is 0. The van der Waals surface area contributed by atoms with Crippen LogP contribution in [0.4, 0.5) is 0 Å². The Balaban J connectivity index is 2.14. The van der Waals surface area contributed by atoms with E-state index in [1.54, 1.807) is 4.90 Å². The van der Waals surface area contributed by atoms with Crippen LogP contribution in [0, 0.1) is 5.92 Å². The van der Waals surface area contributed by atoms with Gasteiger partial charge in [0.25, 0.3) is 0 Å². The van der Waals surface area contributed by atoms with Crippen molar-refractivity contribution in [1.29, 1.82) is 0 Å². The third kappa shape index (κ3) is 4.47. The van der Waals surface area contributed by atoms with Crippen LogP contribution in [0.3, 0.4) is 0 Å². The smallest absolute Gasteiger partial charge is 0.236 e. The number of rotatable bonds is 5. The minimum atomic E-state index is -0.391. The Labute approximate surface area is 96.8 Å². The van der Waals surface area contributed by atoms with Crippen molar-refractivity contribution in [3.8, 4) is 0 Å². The van der Waals surface area contributed by atoms with Crippen LogP contribution in [0.1, 0.15) is 13.8 Å². The molecule has 0 aromatic rings. The molecule has 5 nitrogen and oxygen atoms in total. The normalized spacial score (nSPS) is 18.9. The van der Waals surface area contributed by atoms with Gasteiger partial charge in [-0.15, -0.1) is 0 Å². The minimum absolute atomic E-state index is 0.0826. The standard InChI is InChI=1S/C11H22N2O3/c1-9(2)10(14)7-12-8-11(15)13-3-5-16-6-4-13/h9-10,12,14H,3-8H2,1-2H3. The predicted octanol–water partition coefficient (Wildman–Crippen LogP) is -0.548. The van der Waals surface area contributed by atoms with Crippen molar-refractivity contribution >= 4 is 5.91 Å². The van der Waals surface area contributed by atoms with Crippen molar-refractivity contribution in [2.24, 2.45) is 5.92 Å². The summed E-state index contributed by atoms with van der Waals surface area (Å²) in [6, 6.07) is 0. The zero-order valence-electron chi connectivity index (χ0n) is 10.1. The van der Waals surface area contributed by atoms with Crippen LogP contribution in [-0.2, 0) is 9.53 Å². The molecule has 1 aliphatic heterocycles. The van der Waals surface area contributed by atoms with Crippen molar-refractivity contribution in [3.63, 3.8) is 0 Å². The number of amides is 1. The lowest BCUT2D eigenvalue weighted by atomic mass is 10.1. The molecule has 1 heterocycles. The molecule has 0 aliphatic carbocycles. The van der Waals surface area contributed by atoms with Crippen LogP contribution in [0.2, 0.25) is 0 Å². The van der Waals surface area contributed by atoms with Crippen molar-refractivity contribution in [3.05, 3.63) is 0 Å². The molecule has 1 unspecified atom stereocenters. The van der Waals surface area contributed by atoms with Gasteiger partial charge in [-0.3, -0.25) is 4.79 Å². The number of aliphatic hydroxyl groups excluding tert-OH is 1. The van der Waals surface area contributed by atoms with Crippen LogP contribution in [0.5, 0.6) is 0 Å². The van der Waals surface area contributed by atoms with E-state index in [0.29, 0.717) is 39.4 Å². The van der Waals surface area contributed by atoms with Crippen molar-refractivity contribution in [1.82, 2.24) is 10.2 Å². The van der Waals surface area contributed by atoms with Crippen LogP contribution in [0.25, 0.3) is 0 Å². The number of hydrogen-bond acceptors (Lipinski definition) is 4. The van der Waals surface area contributed by atoms with Gasteiger partial charge >= 0.3 is 0 Å². The van der Waals surface area contributed by atoms with Crippen molar-refractivity contribution < 1.29 is 14.6 Å². The minimum Gasteiger partial charge on any atom is -0.392 e. The van der Waals surface area contributed by atoms with E-state index in [4.69, 9.17) is 4.74 Å². The third-order valence-corrected chi connectivity index (χ3v) is 2.76. The van der Waals surface area contributed by atoms with E-state index in [2.05, 4.69) is 5.32 Å². The second kappa shape index (κ2) is 6.83. The average Bonchev–Trinajstić information content (AvgIpc) is 2.29. The highest BCUT2D eigenvalue weighted by Crippen LogP contribution is 1.99. The molecule has 0 spiro atoms. The van der Waals surface area contributed by atoms with E-state index in [0.717, 1.165) is 0 Å². The monoisotopic (exact) mass is 230 g/mol. The first-order valence-corrected chi connectivity index (χ1v) is 5.85. The van der Waals surface area contributed by atoms with E-state index in [1.165, 1.54) is 0 Å². The van der Waals surface area contributed by atoms with E-state index in [-0.39, 0.29) is 11.8 Å². The van der Waals surface area contributed by atoms with Gasteiger partial charge in [0.05, 0.1) is 25.9 Å². The van der Waals surface area contributed by atoms with Crippen molar-refractivity contribution in [2.75, 3.05) is 39.4 Å². The van der Waals surface area contributed by atoms with Gasteiger partial charge in [-0.05, 0) is 5.92 Å². The van der Waals surface area contributed by atoms with Gasteiger partial charge < -0.3 is 20.1 Å². The Kier molecular flexibility index (Phi) is 5.73. The molecule has 1 atom stereocenters. The summed E-state index contributed by atoms with van der Waals surface area (Å²) in [5.74, 6) is 0.297. The molecule has 1 aliphatic rings. The molecule has 0 bridgehead atoms. The topological polar surface area (TPSA) is 61.8 Å². The third-order valence-electron chi connectivity index (χ3n) is 2.76. The maximum absolute atomic E-state index is 11.7. The maximum Gasteiger partial charge on any atom is 0.236 e. The van der Waals surface area contributed by atoms with E-state index >= 15 is 0 Å². The highest BCUT2D eigenvalue weighted by Gasteiger charge is 2.16. The lowest BCUT2D eigenvalue weighted by molar-refractivity contribution is -0.134. The van der Waals surface area contributed by atoms with E-state index in [1.807, 2.05) is 13.8 Å². The van der Waals surface area contributed by atoms with Crippen molar-refractivity contribution in [2.45, 2.75) is 20.0 Å². The molecule has 1 amide bonds. The number of carbonyl (C=O) groups excluding carboxylic acids is 1. The van der Waals surface area contributed by atoms with Gasteiger partial charge in [0, 0.05) is 19.6 Å². The molecule has 1 saturated heterocycles. The molecular weight excluding hydrogens is 208 g/mol. The molecule has 1 rings (SSSR count). The maximum atomic E-state index is 11.7. The summed E-state index contributed by atoms with van der Waals surface area (Å²) >= 11 is 0. The Morgan fingerprint density at radius 2 is 2.06 bits per heavy atom. The second-order valence-corrected chi connectivity index (χ2v) is 4.44. The number of hydrogen-bond donors (Lipinski definition) is 2. The molecule has 0 saturated carbocycles. The second-order valence-electron chi connectivity index (χ2n) is 4.44. The molecule has 2 N–H and O–H groups in total. The van der Waals surface area contributed by atoms with Crippen LogP contribution in [-0.4, -0.2) is 61.4 Å². The Morgan fingerprint density at radius 3 is 2.62 bits per heavy atom. The Bertz CT molecular complexity index is 215. The van der Waals surface area contributed by atoms with Crippen LogP contribution >= 0.6 is 0 Å². The number of aliphatic hydroxyl groups is 1. The summed E-state index contributed by atoms with van der Waals surface area (Å²) in [6.07, 6.45) is -0.391. The van der Waals surface area contributed by atoms with Gasteiger partial charge in [0.2, 0.25) is 5.91 Å². The number of nitrogens with one attached hydrogen (secondary N) is 1. The lowest BCUT2D eigenvalue weighted by Gasteiger charge is -2.27. The fraction of sp³-hybridized carbons (Fsp3) is 0.909. The largest absolute Gasteiger partial charge is 0.392 e. The summed E-state index contributed by atoms with van der Waals surface area (Å²) in [4.78, 5) is 13.5. The van der Waals surface area contributed by atoms with Gasteiger partial charge in [0.15, 0.2) is 0 Å². The van der Waals surface area contributed by atoms with Gasteiger partial charge in [-0.1, -0.05) is 13.8 Å². The highest BCUT2D eigenvalue weighted by molar-refractivity contribution is 5.78. The summed E-state index contributed by atoms with van der Waals surface area (Å²) in [5.41, 5.74) is 0. The number of morpholine rings is 1. The van der Waals surface area contributed by atoms with Gasteiger partial charge in [-0.25, -0.2) is 0 Å². The molecule has 1 fully saturated rings. The molecule has 0 aromatic heterocycles. The summed E-state index contributed by atoms with van der Waals surface area (Å²) in [5, 5.41) is 12.5. The molecule has 0 aromatic carbocycles. The van der Waals surface area contributed by atoms with Crippen LogP contribution < -0.4 is 5.32 Å². The molecular formula is C11H22N2O3. The fourth-order valence-corrected chi connectivity index (χ4v) is 1.49. The molecule has 94 valence electrons. The van der Waals surface area contributed by atoms with Crippen LogP contribution in [0.15, 0.2) is 0 Å². The number of carbonyl (C=O) groups is 1. The fourth-order valence-electron chi connectivity index (χ4n) is 1.49. The SMILES string of the molecule is CC(C)C(O)CNCC(=O)N1CCOCC1. The Morgan fingerprint density at radius 1 is 1.44 bits per heavy atom. The zero-order valence-corrected chi connectivity index (χ0v) is 10.1. The molecule has 16 heavy (non-hydrogen) atoms. The van der Waals surface area contributed by atoms with E-state index in [9.17, 15) is 9.90 Å². The van der Waals surface area contributed by atoms with Gasteiger partial charge in [0.1, 0.15) is 0 Å². The zero-order chi connectivity index (χ0) is 12.0. The first-order valence-electron chi connectivity index (χ1n) is 5.85. The lowest BCUT2D eigenvalue weighted by Crippen LogP contribution is -2.45. The highest BCUT2D eigenvalue weighted by atomic mass is 16.5. The summed E-state index contributed by atoms with van der Waals surface area (Å²) in [6.45, 7) is 7.27. The quantitative estimate of drug-likeness (QED) is 0.665. The molecule has 0 radical (unpaired) electrons.